The molecule has 1 heterocycles. The van der Waals surface area contributed by atoms with Crippen LogP contribution in [0.2, 0.25) is 0 Å². The van der Waals surface area contributed by atoms with Crippen LogP contribution >= 0.6 is 11.3 Å². The van der Waals surface area contributed by atoms with E-state index in [1.54, 1.807) is 11.3 Å². The van der Waals surface area contributed by atoms with Crippen LogP contribution < -0.4 is 10.6 Å². The third-order valence-corrected chi connectivity index (χ3v) is 3.68. The lowest BCUT2D eigenvalue weighted by molar-refractivity contribution is 0.234. The molecule has 0 saturated heterocycles. The number of hydrogen-bond acceptors (Lipinski definition) is 3. The molecule has 1 aromatic rings. The van der Waals surface area contributed by atoms with Crippen LogP contribution in [0.25, 0.3) is 0 Å². The summed E-state index contributed by atoms with van der Waals surface area (Å²) in [5.74, 6) is 0.447. The molecule has 2 amide bonds. The molecule has 17 heavy (non-hydrogen) atoms. The van der Waals surface area contributed by atoms with E-state index in [-0.39, 0.29) is 12.1 Å². The summed E-state index contributed by atoms with van der Waals surface area (Å²) in [6.07, 6.45) is 0.794. The quantitative estimate of drug-likeness (QED) is 0.848. The molecule has 1 rings (SSSR count). The summed E-state index contributed by atoms with van der Waals surface area (Å²) in [7, 11) is 0. The monoisotopic (exact) mass is 255 g/mol. The lowest BCUT2D eigenvalue weighted by Gasteiger charge is -2.17. The number of carbonyl (C=O) groups is 1. The molecule has 0 aromatic carbocycles. The van der Waals surface area contributed by atoms with Crippen LogP contribution in [-0.4, -0.2) is 23.6 Å². The van der Waals surface area contributed by atoms with Crippen molar-refractivity contribution in [1.82, 2.24) is 15.6 Å². The van der Waals surface area contributed by atoms with Gasteiger partial charge in [0.05, 0.1) is 5.01 Å². The molecular formula is C12H21N3OS. The Morgan fingerprint density at radius 1 is 1.47 bits per heavy atom. The maximum absolute atomic E-state index is 11.5. The highest BCUT2D eigenvalue weighted by Crippen LogP contribution is 2.08. The zero-order chi connectivity index (χ0) is 12.8. The van der Waals surface area contributed by atoms with Crippen molar-refractivity contribution >= 4 is 17.4 Å². The van der Waals surface area contributed by atoms with E-state index in [4.69, 9.17) is 0 Å². The fraction of sp³-hybridized carbons (Fsp3) is 0.667. The second kappa shape index (κ2) is 6.59. The van der Waals surface area contributed by atoms with Crippen LogP contribution in [-0.2, 0) is 6.42 Å². The molecule has 2 N–H and O–H groups in total. The molecule has 0 saturated carbocycles. The van der Waals surface area contributed by atoms with Crippen LogP contribution in [0.3, 0.4) is 0 Å². The Balaban J connectivity index is 2.20. The Kier molecular flexibility index (Phi) is 5.41. The van der Waals surface area contributed by atoms with Gasteiger partial charge in [-0.1, -0.05) is 13.8 Å². The first-order valence-corrected chi connectivity index (χ1v) is 6.82. The van der Waals surface area contributed by atoms with E-state index in [1.807, 2.05) is 19.2 Å². The zero-order valence-corrected chi connectivity index (χ0v) is 11.7. The number of nitrogens with zero attached hydrogens (tertiary/aromatic N) is 1. The Morgan fingerprint density at radius 3 is 2.71 bits per heavy atom. The van der Waals surface area contributed by atoms with E-state index in [0.717, 1.165) is 17.1 Å². The smallest absolute Gasteiger partial charge is 0.315 e. The van der Waals surface area contributed by atoms with Crippen molar-refractivity contribution in [2.45, 2.75) is 40.2 Å². The summed E-state index contributed by atoms with van der Waals surface area (Å²) < 4.78 is 0. The normalized spacial score (nSPS) is 12.5. The lowest BCUT2D eigenvalue weighted by atomic mass is 10.1. The van der Waals surface area contributed by atoms with Crippen molar-refractivity contribution in [3.63, 3.8) is 0 Å². The summed E-state index contributed by atoms with van der Waals surface area (Å²) in [5, 5.41) is 8.84. The maximum atomic E-state index is 11.5. The molecule has 5 heteroatoms. The molecule has 0 aliphatic heterocycles. The van der Waals surface area contributed by atoms with E-state index >= 15 is 0 Å². The minimum atomic E-state index is -0.0977. The molecule has 0 aliphatic rings. The fourth-order valence-electron chi connectivity index (χ4n) is 1.22. The molecular weight excluding hydrogens is 234 g/mol. The number of aryl methyl sites for hydroxylation is 1. The van der Waals surface area contributed by atoms with E-state index in [1.165, 1.54) is 0 Å². The molecule has 0 fully saturated rings. The first kappa shape index (κ1) is 14.0. The Bertz CT molecular complexity index is 362. The first-order valence-electron chi connectivity index (χ1n) is 5.94. The SMILES string of the molecule is Cc1csc(CCNC(=O)NC(C)C(C)C)n1. The predicted octanol–water partition coefficient (Wildman–Crippen LogP) is 2.34. The van der Waals surface area contributed by atoms with Crippen molar-refractivity contribution in [1.29, 1.82) is 0 Å². The molecule has 1 unspecified atom stereocenters. The van der Waals surface area contributed by atoms with Gasteiger partial charge in [0.2, 0.25) is 0 Å². The van der Waals surface area contributed by atoms with Crippen LogP contribution in [0, 0.1) is 12.8 Å². The maximum Gasteiger partial charge on any atom is 0.315 e. The van der Waals surface area contributed by atoms with Gasteiger partial charge in [-0.25, -0.2) is 9.78 Å². The number of rotatable bonds is 5. The van der Waals surface area contributed by atoms with Gasteiger partial charge in [-0.05, 0) is 19.8 Å². The third kappa shape index (κ3) is 5.17. The average molecular weight is 255 g/mol. The zero-order valence-electron chi connectivity index (χ0n) is 10.9. The van der Waals surface area contributed by atoms with Gasteiger partial charge in [0.25, 0.3) is 0 Å². The third-order valence-electron chi connectivity index (χ3n) is 2.65. The van der Waals surface area contributed by atoms with E-state index < -0.39 is 0 Å². The standard InChI is InChI=1S/C12H21N3OS/c1-8(2)10(4)15-12(16)13-6-5-11-14-9(3)7-17-11/h7-8,10H,5-6H2,1-4H3,(H2,13,15,16). The Hall–Kier alpha value is -1.10. The predicted molar refractivity (Wildman–Crippen MR) is 71.4 cm³/mol. The summed E-state index contributed by atoms with van der Waals surface area (Å²) in [4.78, 5) is 15.9. The largest absolute Gasteiger partial charge is 0.338 e. The van der Waals surface area contributed by atoms with Crippen molar-refractivity contribution in [2.24, 2.45) is 5.92 Å². The van der Waals surface area contributed by atoms with Crippen molar-refractivity contribution in [3.05, 3.63) is 16.1 Å². The molecule has 1 atom stereocenters. The van der Waals surface area contributed by atoms with Gasteiger partial charge < -0.3 is 10.6 Å². The average Bonchev–Trinajstić information content (AvgIpc) is 2.64. The number of urea groups is 1. The lowest BCUT2D eigenvalue weighted by Crippen LogP contribution is -2.43. The van der Waals surface area contributed by atoms with Gasteiger partial charge in [-0.15, -0.1) is 11.3 Å². The topological polar surface area (TPSA) is 54.0 Å². The summed E-state index contributed by atoms with van der Waals surface area (Å²) in [6, 6.07) is 0.0941. The van der Waals surface area contributed by atoms with Crippen LogP contribution in [0.4, 0.5) is 4.79 Å². The number of nitrogens with one attached hydrogen (secondary N) is 2. The Labute approximate surface area is 107 Å². The molecule has 0 bridgehead atoms. The van der Waals surface area contributed by atoms with Crippen LogP contribution in [0.5, 0.6) is 0 Å². The highest BCUT2D eigenvalue weighted by molar-refractivity contribution is 7.09. The minimum Gasteiger partial charge on any atom is -0.338 e. The molecule has 0 spiro atoms. The number of amides is 2. The van der Waals surface area contributed by atoms with E-state index in [0.29, 0.717) is 12.5 Å². The highest BCUT2D eigenvalue weighted by Gasteiger charge is 2.09. The van der Waals surface area contributed by atoms with Gasteiger partial charge in [0.1, 0.15) is 0 Å². The van der Waals surface area contributed by atoms with Crippen LogP contribution in [0.15, 0.2) is 5.38 Å². The summed E-state index contributed by atoms with van der Waals surface area (Å²) in [5.41, 5.74) is 1.04. The van der Waals surface area contributed by atoms with Crippen molar-refractivity contribution in [2.75, 3.05) is 6.54 Å². The number of aromatic nitrogens is 1. The van der Waals surface area contributed by atoms with Gasteiger partial charge in [0.15, 0.2) is 0 Å². The molecule has 0 radical (unpaired) electrons. The number of hydrogen-bond donors (Lipinski definition) is 2. The van der Waals surface area contributed by atoms with Gasteiger partial charge in [-0.2, -0.15) is 0 Å². The second-order valence-electron chi connectivity index (χ2n) is 4.57. The first-order chi connectivity index (χ1) is 7.99. The molecule has 96 valence electrons. The van der Waals surface area contributed by atoms with Gasteiger partial charge in [-0.3, -0.25) is 0 Å². The summed E-state index contributed by atoms with van der Waals surface area (Å²) >= 11 is 1.64. The van der Waals surface area contributed by atoms with E-state index in [2.05, 4.69) is 29.5 Å². The molecule has 1 aromatic heterocycles. The van der Waals surface area contributed by atoms with Gasteiger partial charge >= 0.3 is 6.03 Å². The van der Waals surface area contributed by atoms with Crippen molar-refractivity contribution in [3.8, 4) is 0 Å². The number of thiazole rings is 1. The van der Waals surface area contributed by atoms with Gasteiger partial charge in [0, 0.05) is 30.1 Å². The Morgan fingerprint density at radius 2 is 2.18 bits per heavy atom. The van der Waals surface area contributed by atoms with Crippen molar-refractivity contribution < 1.29 is 4.79 Å². The minimum absolute atomic E-state index is 0.0977. The molecule has 0 aliphatic carbocycles. The fourth-order valence-corrected chi connectivity index (χ4v) is 2.00. The van der Waals surface area contributed by atoms with Crippen LogP contribution in [0.1, 0.15) is 31.5 Å². The highest BCUT2D eigenvalue weighted by atomic mass is 32.1. The second-order valence-corrected chi connectivity index (χ2v) is 5.51. The summed E-state index contributed by atoms with van der Waals surface area (Å²) in [6.45, 7) is 8.79. The molecule has 4 nitrogen and oxygen atoms in total. The number of carbonyl (C=O) groups excluding carboxylic acids is 1. The van der Waals surface area contributed by atoms with E-state index in [9.17, 15) is 4.79 Å².